The fraction of sp³-hybridized carbons (Fsp3) is 0.833. The molecule has 1 unspecified atom stereocenters. The Labute approximate surface area is 115 Å². The smallest absolute Gasteiger partial charge is 0.244 e. The molecule has 0 bridgehead atoms. The third kappa shape index (κ3) is 7.63. The van der Waals surface area contributed by atoms with Gasteiger partial charge >= 0.3 is 0 Å². The lowest BCUT2D eigenvalue weighted by molar-refractivity contribution is -0.131. The molecule has 0 saturated heterocycles. The highest BCUT2D eigenvalue weighted by Gasteiger charge is 2.16. The topological polar surface area (TPSA) is 92.0 Å². The first-order valence-electron chi connectivity index (χ1n) is 6.67. The fourth-order valence-corrected chi connectivity index (χ4v) is 1.39. The number of guanidine groups is 1. The van der Waals surface area contributed by atoms with E-state index < -0.39 is 0 Å². The summed E-state index contributed by atoms with van der Waals surface area (Å²) in [6.07, 6.45) is 0.817. The summed E-state index contributed by atoms with van der Waals surface area (Å²) in [5, 5.41) is 2.95. The van der Waals surface area contributed by atoms with E-state index in [2.05, 4.69) is 15.7 Å². The van der Waals surface area contributed by atoms with E-state index in [1.807, 2.05) is 13.8 Å². The van der Waals surface area contributed by atoms with Gasteiger partial charge in [0.05, 0.1) is 0 Å². The molecular formula is C12H27N5O2. The Bertz CT molecular complexity index is 283. The van der Waals surface area contributed by atoms with Crippen LogP contribution in [-0.2, 0) is 9.53 Å². The molecule has 0 aromatic rings. The quantitative estimate of drug-likeness (QED) is 0.185. The van der Waals surface area contributed by atoms with Crippen LogP contribution in [0.5, 0.6) is 0 Å². The lowest BCUT2D eigenvalue weighted by Crippen LogP contribution is -2.51. The van der Waals surface area contributed by atoms with Gasteiger partial charge in [0.1, 0.15) is 6.04 Å². The minimum Gasteiger partial charge on any atom is -0.382 e. The van der Waals surface area contributed by atoms with Crippen LogP contribution in [0.4, 0.5) is 0 Å². The molecule has 0 aliphatic rings. The summed E-state index contributed by atoms with van der Waals surface area (Å²) in [5.74, 6) is 5.79. The molecule has 0 aliphatic carbocycles. The van der Waals surface area contributed by atoms with E-state index >= 15 is 0 Å². The van der Waals surface area contributed by atoms with Crippen LogP contribution in [-0.4, -0.2) is 56.2 Å². The van der Waals surface area contributed by atoms with E-state index in [0.717, 1.165) is 6.42 Å². The zero-order valence-electron chi connectivity index (χ0n) is 12.4. The van der Waals surface area contributed by atoms with Gasteiger partial charge in [0.15, 0.2) is 0 Å². The first kappa shape index (κ1) is 17.7. The van der Waals surface area contributed by atoms with E-state index in [0.29, 0.717) is 32.3 Å². The lowest BCUT2D eigenvalue weighted by Gasteiger charge is -2.21. The maximum Gasteiger partial charge on any atom is 0.244 e. The number of nitrogens with zero attached hydrogens (tertiary/aromatic N) is 2. The van der Waals surface area contributed by atoms with Gasteiger partial charge < -0.3 is 15.0 Å². The van der Waals surface area contributed by atoms with E-state index in [4.69, 9.17) is 10.6 Å². The summed E-state index contributed by atoms with van der Waals surface area (Å²) >= 11 is 0. The molecule has 0 heterocycles. The van der Waals surface area contributed by atoms with Crippen molar-refractivity contribution >= 4 is 11.9 Å². The first-order chi connectivity index (χ1) is 9.06. The second kappa shape index (κ2) is 10.6. The minimum atomic E-state index is -0.369. The predicted molar refractivity (Wildman–Crippen MR) is 76.6 cm³/mol. The molecule has 1 atom stereocenters. The van der Waals surface area contributed by atoms with Gasteiger partial charge in [-0.2, -0.15) is 0 Å². The summed E-state index contributed by atoms with van der Waals surface area (Å²) < 4.78 is 5.21. The van der Waals surface area contributed by atoms with Crippen molar-refractivity contribution in [3.63, 3.8) is 0 Å². The van der Waals surface area contributed by atoms with Crippen LogP contribution in [0, 0.1) is 0 Å². The number of amides is 1. The van der Waals surface area contributed by atoms with E-state index in [9.17, 15) is 4.79 Å². The van der Waals surface area contributed by atoms with Crippen LogP contribution in [0.15, 0.2) is 4.99 Å². The highest BCUT2D eigenvalue weighted by Crippen LogP contribution is 1.92. The van der Waals surface area contributed by atoms with Crippen LogP contribution in [0.1, 0.15) is 27.2 Å². The Morgan fingerprint density at radius 2 is 2.16 bits per heavy atom. The molecule has 0 fully saturated rings. The van der Waals surface area contributed by atoms with Crippen LogP contribution in [0.25, 0.3) is 0 Å². The molecule has 0 aromatic heterocycles. The van der Waals surface area contributed by atoms with Crippen LogP contribution >= 0.6 is 0 Å². The number of hydrogen-bond donors (Lipinski definition) is 3. The summed E-state index contributed by atoms with van der Waals surface area (Å²) in [7, 11) is 1.76. The summed E-state index contributed by atoms with van der Waals surface area (Å²) in [6, 6.07) is -0.369. The molecule has 0 aromatic carbocycles. The van der Waals surface area contributed by atoms with Crippen molar-refractivity contribution in [2.24, 2.45) is 10.8 Å². The fourth-order valence-electron chi connectivity index (χ4n) is 1.39. The molecule has 0 aliphatic heterocycles. The van der Waals surface area contributed by atoms with Gasteiger partial charge in [-0.1, -0.05) is 0 Å². The summed E-state index contributed by atoms with van der Waals surface area (Å²) in [5.41, 5.74) is 2.46. The molecule has 19 heavy (non-hydrogen) atoms. The van der Waals surface area contributed by atoms with E-state index in [-0.39, 0.29) is 11.9 Å². The van der Waals surface area contributed by atoms with Crippen LogP contribution in [0.2, 0.25) is 0 Å². The predicted octanol–water partition coefficient (Wildman–Crippen LogP) is -0.311. The SMILES string of the molecule is CCOCCCN=C(NN)NC(C)C(=O)N(C)CC. The number of nitrogens with one attached hydrogen (secondary N) is 2. The standard InChI is InChI=1S/C12H27N5O2/c1-5-17(4)11(18)10(3)15-12(16-13)14-8-7-9-19-6-2/h10H,5-9,13H2,1-4H3,(H2,14,15,16). The van der Waals surface area contributed by atoms with Crippen molar-refractivity contribution < 1.29 is 9.53 Å². The second-order valence-electron chi connectivity index (χ2n) is 4.14. The van der Waals surface area contributed by atoms with Gasteiger partial charge in [-0.3, -0.25) is 15.2 Å². The number of hydrogen-bond acceptors (Lipinski definition) is 4. The maximum atomic E-state index is 11.9. The minimum absolute atomic E-state index is 0.000216. The van der Waals surface area contributed by atoms with Crippen molar-refractivity contribution in [1.29, 1.82) is 0 Å². The van der Waals surface area contributed by atoms with E-state index in [1.165, 1.54) is 0 Å². The molecule has 112 valence electrons. The Morgan fingerprint density at radius 1 is 1.47 bits per heavy atom. The molecule has 0 saturated carbocycles. The number of likely N-dealkylation sites (N-methyl/N-ethyl adjacent to an activating group) is 1. The van der Waals surface area contributed by atoms with Gasteiger partial charge in [-0.15, -0.1) is 0 Å². The van der Waals surface area contributed by atoms with Gasteiger partial charge in [-0.25, -0.2) is 5.84 Å². The zero-order chi connectivity index (χ0) is 14.7. The Balaban J connectivity index is 4.16. The van der Waals surface area contributed by atoms with Crippen molar-refractivity contribution in [1.82, 2.24) is 15.6 Å². The van der Waals surface area contributed by atoms with E-state index in [1.54, 1.807) is 18.9 Å². The Hall–Kier alpha value is -1.34. The normalized spacial score (nSPS) is 13.0. The monoisotopic (exact) mass is 273 g/mol. The Kier molecular flexibility index (Phi) is 9.82. The van der Waals surface area contributed by atoms with Gasteiger partial charge in [-0.05, 0) is 27.2 Å². The summed E-state index contributed by atoms with van der Waals surface area (Å²) in [4.78, 5) is 17.7. The highest BCUT2D eigenvalue weighted by atomic mass is 16.5. The number of carbonyl (C=O) groups is 1. The second-order valence-corrected chi connectivity index (χ2v) is 4.14. The third-order valence-electron chi connectivity index (χ3n) is 2.63. The average Bonchev–Trinajstić information content (AvgIpc) is 2.43. The zero-order valence-corrected chi connectivity index (χ0v) is 12.4. The number of ether oxygens (including phenoxy) is 1. The molecule has 0 rings (SSSR count). The highest BCUT2D eigenvalue weighted by molar-refractivity contribution is 5.88. The number of rotatable bonds is 8. The Morgan fingerprint density at radius 3 is 2.68 bits per heavy atom. The molecule has 7 heteroatoms. The molecule has 7 nitrogen and oxygen atoms in total. The number of aliphatic imine (C=N–C) groups is 1. The lowest BCUT2D eigenvalue weighted by atomic mass is 10.3. The molecular weight excluding hydrogens is 246 g/mol. The number of hydrazine groups is 1. The van der Waals surface area contributed by atoms with Crippen molar-refractivity contribution in [2.75, 3.05) is 33.4 Å². The van der Waals surface area contributed by atoms with Crippen molar-refractivity contribution in [3.8, 4) is 0 Å². The molecule has 0 radical (unpaired) electrons. The number of nitrogens with two attached hydrogens (primary N) is 1. The first-order valence-corrected chi connectivity index (χ1v) is 6.67. The molecule has 4 N–H and O–H groups in total. The van der Waals surface area contributed by atoms with Crippen molar-refractivity contribution in [2.45, 2.75) is 33.2 Å². The van der Waals surface area contributed by atoms with Crippen LogP contribution in [0.3, 0.4) is 0 Å². The molecule has 1 amide bonds. The average molecular weight is 273 g/mol. The third-order valence-corrected chi connectivity index (χ3v) is 2.63. The van der Waals surface area contributed by atoms with Crippen molar-refractivity contribution in [3.05, 3.63) is 0 Å². The number of carbonyl (C=O) groups excluding carboxylic acids is 1. The summed E-state index contributed by atoms with van der Waals surface area (Å²) in [6.45, 7) is 8.30. The maximum absolute atomic E-state index is 11.9. The largest absolute Gasteiger partial charge is 0.382 e. The van der Waals surface area contributed by atoms with Gasteiger partial charge in [0.2, 0.25) is 11.9 Å². The van der Waals surface area contributed by atoms with Crippen LogP contribution < -0.4 is 16.6 Å². The van der Waals surface area contributed by atoms with Gasteiger partial charge in [0, 0.05) is 33.4 Å². The molecule has 0 spiro atoms. The van der Waals surface area contributed by atoms with Gasteiger partial charge in [0.25, 0.3) is 0 Å².